The Hall–Kier alpha value is -2.54. The van der Waals surface area contributed by atoms with E-state index in [1.165, 1.54) is 5.01 Å². The van der Waals surface area contributed by atoms with Crippen molar-refractivity contribution in [2.24, 2.45) is 0 Å². The molecule has 7 nitrogen and oxygen atoms in total. The van der Waals surface area contributed by atoms with E-state index in [-0.39, 0.29) is 11.1 Å². The monoisotopic (exact) mass is 330 g/mol. The molecule has 0 bridgehead atoms. The summed E-state index contributed by atoms with van der Waals surface area (Å²) in [6.07, 6.45) is 0. The summed E-state index contributed by atoms with van der Waals surface area (Å²) in [7, 11) is 1.58. The van der Waals surface area contributed by atoms with Crippen molar-refractivity contribution >= 4 is 23.3 Å². The second-order valence-electron chi connectivity index (χ2n) is 7.15. The van der Waals surface area contributed by atoms with Gasteiger partial charge in [0.1, 0.15) is 5.69 Å². The van der Waals surface area contributed by atoms with Crippen LogP contribution in [0.5, 0.6) is 0 Å². The molecule has 0 spiro atoms. The summed E-state index contributed by atoms with van der Waals surface area (Å²) < 4.78 is 5.54. The Kier molecular flexibility index (Phi) is 3.56. The average molecular weight is 330 g/mol. The van der Waals surface area contributed by atoms with E-state index in [4.69, 9.17) is 4.52 Å². The summed E-state index contributed by atoms with van der Waals surface area (Å²) in [5, 5.41) is 18.0. The molecule has 0 unspecified atom stereocenters. The van der Waals surface area contributed by atoms with Crippen LogP contribution in [0.3, 0.4) is 0 Å². The molecule has 0 fully saturated rings. The van der Waals surface area contributed by atoms with Gasteiger partial charge in [-0.05, 0) is 25.5 Å². The van der Waals surface area contributed by atoms with Crippen molar-refractivity contribution in [2.75, 3.05) is 17.1 Å². The smallest absolute Gasteiger partial charge is 0.334 e. The number of carbonyl (C=O) groups is 1. The molecular weight excluding hydrogens is 308 g/mol. The number of amides is 2. The zero-order valence-electron chi connectivity index (χ0n) is 14.8. The standard InChI is InChI=1S/C17H22N4O3/c1-10-7-8-12(11(2)9-10)20-15-13(21(23)16(22)19(20)6)14(18-24-15)17(3,4)5/h7-9,23H,1-6H3. The van der Waals surface area contributed by atoms with Crippen molar-refractivity contribution in [2.45, 2.75) is 40.0 Å². The summed E-state index contributed by atoms with van der Waals surface area (Å²) in [4.78, 5) is 12.5. The van der Waals surface area contributed by atoms with Crippen LogP contribution in [0.25, 0.3) is 0 Å². The average Bonchev–Trinajstić information content (AvgIpc) is 2.92. The van der Waals surface area contributed by atoms with Crippen LogP contribution < -0.4 is 10.1 Å². The maximum Gasteiger partial charge on any atom is 0.367 e. The first-order valence-corrected chi connectivity index (χ1v) is 7.77. The van der Waals surface area contributed by atoms with Crippen molar-refractivity contribution in [3.05, 3.63) is 35.0 Å². The lowest BCUT2D eigenvalue weighted by atomic mass is 9.91. The number of hydroxylamine groups is 1. The number of hydrogen-bond acceptors (Lipinski definition) is 5. The van der Waals surface area contributed by atoms with Crippen LogP contribution in [0.4, 0.5) is 22.1 Å². The molecule has 1 aliphatic heterocycles. The summed E-state index contributed by atoms with van der Waals surface area (Å²) in [5.41, 5.74) is 3.33. The summed E-state index contributed by atoms with van der Waals surface area (Å²) in [6, 6.07) is 5.34. The molecule has 128 valence electrons. The van der Waals surface area contributed by atoms with Gasteiger partial charge in [0.05, 0.1) is 5.69 Å². The van der Waals surface area contributed by atoms with Crippen LogP contribution in [0.1, 0.15) is 37.6 Å². The van der Waals surface area contributed by atoms with Gasteiger partial charge in [0.15, 0.2) is 5.69 Å². The van der Waals surface area contributed by atoms with Crippen LogP contribution in [-0.4, -0.2) is 28.5 Å². The van der Waals surface area contributed by atoms with E-state index in [0.717, 1.165) is 16.8 Å². The summed E-state index contributed by atoms with van der Waals surface area (Å²) in [5.74, 6) is 0.316. The fourth-order valence-electron chi connectivity index (χ4n) is 2.87. The number of nitrogens with zero attached hydrogens (tertiary/aromatic N) is 4. The molecule has 24 heavy (non-hydrogen) atoms. The van der Waals surface area contributed by atoms with E-state index in [0.29, 0.717) is 16.6 Å². The highest BCUT2D eigenvalue weighted by molar-refractivity contribution is 5.99. The second-order valence-corrected chi connectivity index (χ2v) is 7.15. The molecule has 7 heteroatoms. The van der Waals surface area contributed by atoms with Crippen LogP contribution in [0.15, 0.2) is 22.7 Å². The summed E-state index contributed by atoms with van der Waals surface area (Å²) in [6.45, 7) is 9.82. The Morgan fingerprint density at radius 3 is 2.46 bits per heavy atom. The molecule has 0 radical (unpaired) electrons. The highest BCUT2D eigenvalue weighted by Gasteiger charge is 2.42. The van der Waals surface area contributed by atoms with Crippen molar-refractivity contribution < 1.29 is 14.5 Å². The van der Waals surface area contributed by atoms with Gasteiger partial charge in [-0.3, -0.25) is 5.21 Å². The number of fused-ring (bicyclic) bond motifs is 1. The normalized spacial score (nSPS) is 15.1. The third-order valence-corrected chi connectivity index (χ3v) is 4.10. The van der Waals surface area contributed by atoms with Crippen LogP contribution in [-0.2, 0) is 5.41 Å². The van der Waals surface area contributed by atoms with Gasteiger partial charge in [-0.1, -0.05) is 43.6 Å². The van der Waals surface area contributed by atoms with E-state index in [1.54, 1.807) is 12.1 Å². The van der Waals surface area contributed by atoms with E-state index in [1.807, 2.05) is 52.8 Å². The zero-order chi connectivity index (χ0) is 17.8. The van der Waals surface area contributed by atoms with Crippen LogP contribution in [0.2, 0.25) is 0 Å². The zero-order valence-corrected chi connectivity index (χ0v) is 14.8. The number of hydrogen-bond donors (Lipinski definition) is 1. The van der Waals surface area contributed by atoms with E-state index in [9.17, 15) is 10.0 Å². The van der Waals surface area contributed by atoms with Gasteiger partial charge in [-0.2, -0.15) is 5.06 Å². The molecule has 1 N–H and O–H groups in total. The molecule has 1 aromatic heterocycles. The minimum absolute atomic E-state index is 0.283. The lowest BCUT2D eigenvalue weighted by Gasteiger charge is -2.38. The molecule has 0 atom stereocenters. The molecule has 2 aromatic rings. The van der Waals surface area contributed by atoms with Gasteiger partial charge in [-0.15, -0.1) is 0 Å². The lowest BCUT2D eigenvalue weighted by molar-refractivity contribution is 0.167. The first-order valence-electron chi connectivity index (χ1n) is 7.77. The molecular formula is C17H22N4O3. The molecule has 2 amide bonds. The summed E-state index contributed by atoms with van der Waals surface area (Å²) >= 11 is 0. The third-order valence-electron chi connectivity index (χ3n) is 4.10. The van der Waals surface area contributed by atoms with Crippen LogP contribution >= 0.6 is 0 Å². The van der Waals surface area contributed by atoms with E-state index in [2.05, 4.69) is 5.16 Å². The highest BCUT2D eigenvalue weighted by Crippen LogP contribution is 2.45. The third kappa shape index (κ3) is 2.32. The van der Waals surface area contributed by atoms with Crippen molar-refractivity contribution in [1.29, 1.82) is 0 Å². The number of aromatic nitrogens is 1. The predicted octanol–water partition coefficient (Wildman–Crippen LogP) is 3.90. The molecule has 1 aliphatic rings. The van der Waals surface area contributed by atoms with Crippen molar-refractivity contribution in [3.63, 3.8) is 0 Å². The van der Waals surface area contributed by atoms with Gasteiger partial charge in [-0.25, -0.2) is 14.8 Å². The van der Waals surface area contributed by atoms with Gasteiger partial charge < -0.3 is 4.52 Å². The first kappa shape index (κ1) is 16.3. The number of aryl methyl sites for hydroxylation is 2. The number of hydrazine groups is 1. The van der Waals surface area contributed by atoms with Crippen LogP contribution in [0, 0.1) is 13.8 Å². The van der Waals surface area contributed by atoms with Gasteiger partial charge in [0.2, 0.25) is 0 Å². The van der Waals surface area contributed by atoms with Crippen molar-refractivity contribution in [3.8, 4) is 0 Å². The fourth-order valence-corrected chi connectivity index (χ4v) is 2.87. The first-order chi connectivity index (χ1) is 11.1. The molecule has 1 aromatic carbocycles. The highest BCUT2D eigenvalue weighted by atomic mass is 16.5. The maximum atomic E-state index is 12.5. The predicted molar refractivity (Wildman–Crippen MR) is 90.7 cm³/mol. The van der Waals surface area contributed by atoms with Gasteiger partial charge in [0.25, 0.3) is 5.88 Å². The molecule has 0 aliphatic carbocycles. The van der Waals surface area contributed by atoms with Crippen molar-refractivity contribution in [1.82, 2.24) is 10.2 Å². The van der Waals surface area contributed by atoms with Gasteiger partial charge in [0, 0.05) is 12.5 Å². The Morgan fingerprint density at radius 2 is 1.88 bits per heavy atom. The second kappa shape index (κ2) is 5.24. The molecule has 0 saturated heterocycles. The molecule has 3 rings (SSSR count). The number of anilines is 3. The Morgan fingerprint density at radius 1 is 1.21 bits per heavy atom. The SMILES string of the molecule is Cc1ccc(N2c3onc(C(C)(C)C)c3N(O)C(=O)N2C)c(C)c1. The van der Waals surface area contributed by atoms with Gasteiger partial charge >= 0.3 is 6.03 Å². The largest absolute Gasteiger partial charge is 0.367 e. The Bertz CT molecular complexity index is 807. The number of rotatable bonds is 1. The fraction of sp³-hybridized carbons (Fsp3) is 0.412. The minimum Gasteiger partial charge on any atom is -0.334 e. The Balaban J connectivity index is 2.24. The number of carbonyl (C=O) groups excluding carboxylic acids is 1. The number of benzene rings is 1. The maximum absolute atomic E-state index is 12.5. The lowest BCUT2D eigenvalue weighted by Crippen LogP contribution is -2.52. The Labute approximate surface area is 141 Å². The quantitative estimate of drug-likeness (QED) is 0.803. The van der Waals surface area contributed by atoms with E-state index < -0.39 is 6.03 Å². The minimum atomic E-state index is -0.573. The molecule has 2 heterocycles. The van der Waals surface area contributed by atoms with E-state index >= 15 is 0 Å². The number of urea groups is 1. The molecule has 0 saturated carbocycles. The topological polar surface area (TPSA) is 73.0 Å².